The van der Waals surface area contributed by atoms with Crippen LogP contribution in [0.3, 0.4) is 0 Å². The fourth-order valence-corrected chi connectivity index (χ4v) is 10.9. The molecule has 308 valence electrons. The van der Waals surface area contributed by atoms with E-state index in [9.17, 15) is 0 Å². The van der Waals surface area contributed by atoms with Crippen LogP contribution in [0.25, 0.3) is 66.6 Å². The molecule has 0 unspecified atom stereocenters. The molecule has 0 bridgehead atoms. The van der Waals surface area contributed by atoms with Gasteiger partial charge in [0.25, 0.3) is 0 Å². The molecule has 0 atom stereocenters. The minimum absolute atomic E-state index is 0.168. The van der Waals surface area contributed by atoms with Crippen LogP contribution >= 0.6 is 0 Å². The second-order valence-corrected chi connectivity index (χ2v) is 17.1. The molecular formula is C57H36N4O2Pt-2. The number of hydrogen-bond donors (Lipinski definition) is 0. The standard InChI is InChI=1S/C57H36N4O2.Pt/c1-36-29-56(58-34-45(36)37-15-4-3-5-16-37)61-52-31-40(62-39-18-14-17-38(30-39)60-35-59(2)50-23-10-11-24-51(50)60)27-28-42(52)44-32-43-41-19-6-7-20-46(41)57(49(43)33-53(44)61)47-21-8-12-25-54(47)63-55-26-13-9-22-48(55)57;/h3-29,32-34H,1-2H3;/q-2;/i1D3,2D3;. The summed E-state index contributed by atoms with van der Waals surface area (Å²) < 4.78 is 70.3. The molecule has 64 heavy (non-hydrogen) atoms. The van der Waals surface area contributed by atoms with Crippen molar-refractivity contribution in [1.29, 1.82) is 0 Å². The molecule has 7 heteroatoms. The van der Waals surface area contributed by atoms with Crippen molar-refractivity contribution >= 4 is 32.8 Å². The molecule has 0 fully saturated rings. The zero-order valence-corrected chi connectivity index (χ0v) is 36.0. The van der Waals surface area contributed by atoms with Gasteiger partial charge in [-0.15, -0.1) is 0 Å². The van der Waals surface area contributed by atoms with Crippen LogP contribution in [0.2, 0.25) is 0 Å². The van der Waals surface area contributed by atoms with E-state index in [2.05, 4.69) is 72.8 Å². The number of aromatic nitrogens is 4. The summed E-state index contributed by atoms with van der Waals surface area (Å²) in [7, 11) is 0. The summed E-state index contributed by atoms with van der Waals surface area (Å²) in [6, 6.07) is 64.4. The molecular weight excluding hydrogens is 968 g/mol. The van der Waals surface area contributed by atoms with E-state index in [4.69, 9.17) is 22.7 Å². The van der Waals surface area contributed by atoms with Crippen molar-refractivity contribution in [2.24, 2.45) is 6.98 Å². The van der Waals surface area contributed by atoms with Gasteiger partial charge >= 0.3 is 198 Å². The molecule has 13 rings (SSSR count). The zero-order chi connectivity index (χ0) is 47.7. The average molecular weight is 1010 g/mol. The monoisotopic (exact) mass is 1010 g/mol. The van der Waals surface area contributed by atoms with Gasteiger partial charge in [-0.1, -0.05) is 91.0 Å². The van der Waals surface area contributed by atoms with Crippen molar-refractivity contribution in [3.63, 3.8) is 0 Å². The van der Waals surface area contributed by atoms with Crippen LogP contribution < -0.4 is 9.47 Å². The summed E-state index contributed by atoms with van der Waals surface area (Å²) in [6.07, 6.45) is 1.66. The van der Waals surface area contributed by atoms with Gasteiger partial charge in [0.2, 0.25) is 0 Å². The van der Waals surface area contributed by atoms with E-state index in [0.717, 1.165) is 66.7 Å². The molecule has 2 aliphatic rings. The number of hydrogen-bond acceptors (Lipinski definition) is 3. The molecule has 4 heterocycles. The molecule has 1 aliphatic heterocycles. The van der Waals surface area contributed by atoms with Crippen LogP contribution in [0.5, 0.6) is 23.0 Å². The third-order valence-electron chi connectivity index (χ3n) is 12.7. The summed E-state index contributed by atoms with van der Waals surface area (Å²) in [4.78, 5) is 5.07. The summed E-state index contributed by atoms with van der Waals surface area (Å²) in [5, 5.41) is 1.78. The third kappa shape index (κ3) is 5.24. The minimum atomic E-state index is -2.48. The summed E-state index contributed by atoms with van der Waals surface area (Å²) in [6.45, 7) is -4.89. The summed E-state index contributed by atoms with van der Waals surface area (Å²) in [5.74, 6) is 2.72. The minimum Gasteiger partial charge on any atom is -0.457 e. The van der Waals surface area contributed by atoms with E-state index in [1.165, 1.54) is 4.57 Å². The van der Waals surface area contributed by atoms with Crippen molar-refractivity contribution in [1.82, 2.24) is 18.7 Å². The van der Waals surface area contributed by atoms with Crippen LogP contribution in [0.1, 0.15) is 36.0 Å². The Morgan fingerprint density at radius 3 is 2.11 bits per heavy atom. The average Bonchev–Trinajstić information content (AvgIpc) is 3.96. The first-order valence-electron chi connectivity index (χ1n) is 23.9. The topological polar surface area (TPSA) is 46.1 Å². The number of benzene rings is 8. The Labute approximate surface area is 388 Å². The van der Waals surface area contributed by atoms with Crippen LogP contribution in [-0.2, 0) is 31.7 Å². The quantitative estimate of drug-likeness (QED) is 0.161. The molecule has 11 aromatic rings. The molecule has 0 radical (unpaired) electrons. The Bertz CT molecular complexity index is 3990. The van der Waals surface area contributed by atoms with Crippen LogP contribution in [0, 0.1) is 22.8 Å². The fourth-order valence-electron chi connectivity index (χ4n) is 10.1. The first-order valence-corrected chi connectivity index (χ1v) is 22.0. The van der Waals surface area contributed by atoms with Crippen molar-refractivity contribution in [3.05, 3.63) is 226 Å². The number of ether oxygens (including phenoxy) is 2. The van der Waals surface area contributed by atoms with Gasteiger partial charge < -0.3 is 4.74 Å². The van der Waals surface area contributed by atoms with Crippen LogP contribution in [-0.4, -0.2) is 18.7 Å². The summed E-state index contributed by atoms with van der Waals surface area (Å²) >= 11 is 2.05. The van der Waals surface area contributed by atoms with E-state index in [-0.39, 0.29) is 5.56 Å². The van der Waals surface area contributed by atoms with Gasteiger partial charge in [-0.2, -0.15) is 0 Å². The van der Waals surface area contributed by atoms with Gasteiger partial charge in [0, 0.05) is 27.0 Å². The van der Waals surface area contributed by atoms with E-state index < -0.39 is 19.2 Å². The normalized spacial score (nSPS) is 15.0. The molecule has 0 saturated carbocycles. The first kappa shape index (κ1) is 31.3. The maximum atomic E-state index is 8.80. The van der Waals surface area contributed by atoms with E-state index in [1.54, 1.807) is 24.4 Å². The van der Waals surface area contributed by atoms with E-state index in [0.29, 0.717) is 48.9 Å². The van der Waals surface area contributed by atoms with Gasteiger partial charge in [-0.25, -0.2) is 0 Å². The second kappa shape index (κ2) is 14.0. The first-order chi connectivity index (χ1) is 33.9. The van der Waals surface area contributed by atoms with E-state index in [1.807, 2.05) is 126 Å². The van der Waals surface area contributed by atoms with Crippen molar-refractivity contribution in [2.45, 2.75) is 12.3 Å². The van der Waals surface area contributed by atoms with E-state index >= 15 is 0 Å². The molecule has 6 nitrogen and oxygen atoms in total. The Balaban J connectivity index is 1.05. The third-order valence-corrected chi connectivity index (χ3v) is 13.8. The van der Waals surface area contributed by atoms with Gasteiger partial charge in [0.05, 0.1) is 5.41 Å². The van der Waals surface area contributed by atoms with Crippen molar-refractivity contribution in [3.8, 4) is 56.8 Å². The molecule has 1 spiro atoms. The maximum absolute atomic E-state index is 8.80. The Hall–Kier alpha value is -7.53. The Morgan fingerprint density at radius 1 is 0.594 bits per heavy atom. The molecule has 1 aliphatic carbocycles. The number of rotatable bonds is 5. The second-order valence-electron chi connectivity index (χ2n) is 16.1. The van der Waals surface area contributed by atoms with Gasteiger partial charge in [0.15, 0.2) is 0 Å². The molecule has 0 saturated heterocycles. The fraction of sp³-hybridized carbons (Fsp3) is 0.0526. The molecule has 3 aromatic heterocycles. The van der Waals surface area contributed by atoms with Crippen LogP contribution in [0.4, 0.5) is 0 Å². The predicted octanol–water partition coefficient (Wildman–Crippen LogP) is 13.4. The van der Waals surface area contributed by atoms with Crippen molar-refractivity contribution < 1.29 is 37.1 Å². The predicted molar refractivity (Wildman–Crippen MR) is 249 cm³/mol. The van der Waals surface area contributed by atoms with Gasteiger partial charge in [-0.05, 0) is 52.4 Å². The number of aryl methyl sites for hydroxylation is 2. The number of para-hydroxylation sites is 4. The zero-order valence-electron chi connectivity index (χ0n) is 39.7. The van der Waals surface area contributed by atoms with Crippen LogP contribution in [0.15, 0.2) is 182 Å². The molecule has 8 aromatic carbocycles. The van der Waals surface area contributed by atoms with Crippen molar-refractivity contribution in [2.75, 3.05) is 0 Å². The number of nitrogens with zero attached hydrogens (tertiary/aromatic N) is 4. The SMILES string of the molecule is [2H]C([2H])([2H])c1cc(-n2c3[c-]c(Oc4[c-]c(-n5[c](=[Pt])n(C([2H])([2H])[2H])c6ccccc65)ccc4)ccc3c3cc4c(cc32)C2(c3ccccc3Oc3ccccc32)c2ccccc2-4)ncc1-c1ccccc1. The molecule has 0 amide bonds. The smallest absolute Gasteiger partial charge is 0.457 e. The Morgan fingerprint density at radius 2 is 1.31 bits per heavy atom. The Kier molecular flexibility index (Phi) is 6.85. The van der Waals surface area contributed by atoms with Gasteiger partial charge in [0.1, 0.15) is 11.5 Å². The number of pyridine rings is 1. The number of imidazole rings is 1. The van der Waals surface area contributed by atoms with Gasteiger partial charge in [-0.3, -0.25) is 0 Å². The summed E-state index contributed by atoms with van der Waals surface area (Å²) in [5.41, 5.74) is 10.4. The number of fused-ring (bicyclic) bond motifs is 13. The molecule has 0 N–H and O–H groups in total.